The molecular formula is C17H14ClNO2S. The Morgan fingerprint density at radius 2 is 1.77 bits per heavy atom. The predicted octanol–water partition coefficient (Wildman–Crippen LogP) is 4.17. The number of nitrogens with zero attached hydrogens (tertiary/aromatic N) is 1. The molecule has 0 aliphatic rings. The first-order valence-electron chi connectivity index (χ1n) is 6.79. The standard InChI is InChI=1S/C17H14ClNO2S/c1-12-4-7-14(8-5-12)22(20,21)11-13-6-9-16(18)15-3-2-10-19-17(13)15/h2-10H,11H2,1H3. The highest BCUT2D eigenvalue weighted by Gasteiger charge is 2.17. The van der Waals surface area contributed by atoms with Crippen molar-refractivity contribution in [2.45, 2.75) is 17.6 Å². The fourth-order valence-corrected chi connectivity index (χ4v) is 3.92. The second-order valence-electron chi connectivity index (χ2n) is 5.18. The van der Waals surface area contributed by atoms with Gasteiger partial charge in [-0.25, -0.2) is 8.42 Å². The van der Waals surface area contributed by atoms with Gasteiger partial charge in [-0.3, -0.25) is 4.98 Å². The van der Waals surface area contributed by atoms with E-state index < -0.39 is 9.84 Å². The minimum Gasteiger partial charge on any atom is -0.256 e. The number of fused-ring (bicyclic) bond motifs is 1. The predicted molar refractivity (Wildman–Crippen MR) is 88.8 cm³/mol. The van der Waals surface area contributed by atoms with E-state index in [-0.39, 0.29) is 5.75 Å². The van der Waals surface area contributed by atoms with Gasteiger partial charge < -0.3 is 0 Å². The first-order chi connectivity index (χ1) is 10.5. The molecule has 112 valence electrons. The number of pyridine rings is 1. The lowest BCUT2D eigenvalue weighted by Gasteiger charge is -2.08. The van der Waals surface area contributed by atoms with Crippen LogP contribution in [0.25, 0.3) is 10.9 Å². The minimum absolute atomic E-state index is 0.0965. The summed E-state index contributed by atoms with van der Waals surface area (Å²) < 4.78 is 25.2. The molecule has 1 heterocycles. The quantitative estimate of drug-likeness (QED) is 0.723. The number of halogens is 1. The zero-order chi connectivity index (χ0) is 15.7. The maximum Gasteiger partial charge on any atom is 0.182 e. The highest BCUT2D eigenvalue weighted by Crippen LogP contribution is 2.27. The van der Waals surface area contributed by atoms with Gasteiger partial charge in [0.2, 0.25) is 0 Å². The summed E-state index contributed by atoms with van der Waals surface area (Å²) in [6.45, 7) is 1.92. The molecule has 0 radical (unpaired) electrons. The van der Waals surface area contributed by atoms with Gasteiger partial charge in [-0.15, -0.1) is 0 Å². The van der Waals surface area contributed by atoms with Gasteiger partial charge in [0.15, 0.2) is 9.84 Å². The third-order valence-corrected chi connectivity index (χ3v) is 5.54. The molecule has 0 unspecified atom stereocenters. The van der Waals surface area contributed by atoms with Crippen LogP contribution in [-0.2, 0) is 15.6 Å². The highest BCUT2D eigenvalue weighted by molar-refractivity contribution is 7.90. The molecular weight excluding hydrogens is 318 g/mol. The fourth-order valence-electron chi connectivity index (χ4n) is 2.35. The third-order valence-electron chi connectivity index (χ3n) is 3.53. The van der Waals surface area contributed by atoms with Crippen molar-refractivity contribution in [3.05, 3.63) is 70.9 Å². The largest absolute Gasteiger partial charge is 0.256 e. The number of sulfone groups is 1. The van der Waals surface area contributed by atoms with Gasteiger partial charge in [-0.1, -0.05) is 35.4 Å². The average molecular weight is 332 g/mol. The molecule has 22 heavy (non-hydrogen) atoms. The number of hydrogen-bond donors (Lipinski definition) is 0. The van der Waals surface area contributed by atoms with Crippen LogP contribution in [0, 0.1) is 6.92 Å². The van der Waals surface area contributed by atoms with Crippen LogP contribution in [0.1, 0.15) is 11.1 Å². The van der Waals surface area contributed by atoms with Crippen molar-refractivity contribution >= 4 is 32.3 Å². The smallest absolute Gasteiger partial charge is 0.182 e. The maximum atomic E-state index is 12.6. The second-order valence-corrected chi connectivity index (χ2v) is 7.57. The molecule has 0 spiro atoms. The molecule has 3 aromatic rings. The summed E-state index contributed by atoms with van der Waals surface area (Å²) in [5, 5.41) is 1.33. The highest BCUT2D eigenvalue weighted by atomic mass is 35.5. The van der Waals surface area contributed by atoms with Gasteiger partial charge in [0.05, 0.1) is 16.2 Å². The van der Waals surface area contributed by atoms with Crippen LogP contribution in [0.5, 0.6) is 0 Å². The first kappa shape index (κ1) is 15.0. The molecule has 3 nitrogen and oxygen atoms in total. The van der Waals surface area contributed by atoms with Crippen LogP contribution in [0.4, 0.5) is 0 Å². The molecule has 0 fully saturated rings. The molecule has 0 aliphatic carbocycles. The monoisotopic (exact) mass is 331 g/mol. The van der Waals surface area contributed by atoms with Crippen molar-refractivity contribution in [2.75, 3.05) is 0 Å². The molecule has 0 N–H and O–H groups in total. The van der Waals surface area contributed by atoms with Crippen LogP contribution in [0.3, 0.4) is 0 Å². The summed E-state index contributed by atoms with van der Waals surface area (Å²) in [5.74, 6) is -0.0965. The summed E-state index contributed by atoms with van der Waals surface area (Å²) in [7, 11) is -3.42. The Kier molecular flexibility index (Phi) is 3.89. The van der Waals surface area contributed by atoms with Crippen LogP contribution in [0.15, 0.2) is 59.6 Å². The van der Waals surface area contributed by atoms with Crippen LogP contribution in [0.2, 0.25) is 5.02 Å². The average Bonchev–Trinajstić information content (AvgIpc) is 2.51. The molecule has 0 amide bonds. The van der Waals surface area contributed by atoms with Gasteiger partial charge >= 0.3 is 0 Å². The molecule has 2 aromatic carbocycles. The summed E-state index contributed by atoms with van der Waals surface area (Å²) in [5.41, 5.74) is 2.31. The SMILES string of the molecule is Cc1ccc(S(=O)(=O)Cc2ccc(Cl)c3cccnc23)cc1. The zero-order valence-electron chi connectivity index (χ0n) is 12.0. The summed E-state index contributed by atoms with van der Waals surface area (Å²) in [6, 6.07) is 13.9. The summed E-state index contributed by atoms with van der Waals surface area (Å²) >= 11 is 6.15. The topological polar surface area (TPSA) is 47.0 Å². The van der Waals surface area contributed by atoms with E-state index in [9.17, 15) is 8.42 Å². The molecule has 0 bridgehead atoms. The number of benzene rings is 2. The Balaban J connectivity index is 2.06. The van der Waals surface area contributed by atoms with Gasteiger partial charge in [0.25, 0.3) is 0 Å². The van der Waals surface area contributed by atoms with E-state index in [2.05, 4.69) is 4.98 Å². The lowest BCUT2D eigenvalue weighted by molar-refractivity contribution is 0.595. The normalized spacial score (nSPS) is 11.7. The van der Waals surface area contributed by atoms with E-state index in [0.717, 1.165) is 10.9 Å². The van der Waals surface area contributed by atoms with E-state index in [1.165, 1.54) is 0 Å². The molecule has 0 atom stereocenters. The number of aromatic nitrogens is 1. The summed E-state index contributed by atoms with van der Waals surface area (Å²) in [4.78, 5) is 4.60. The second kappa shape index (κ2) is 5.71. The van der Waals surface area contributed by atoms with Crippen molar-refractivity contribution in [1.82, 2.24) is 4.98 Å². The molecule has 0 aliphatic heterocycles. The lowest BCUT2D eigenvalue weighted by Crippen LogP contribution is -2.06. The third kappa shape index (κ3) is 2.85. The molecule has 1 aromatic heterocycles. The summed E-state index contributed by atoms with van der Waals surface area (Å²) in [6.07, 6.45) is 1.64. The van der Waals surface area contributed by atoms with Crippen molar-refractivity contribution in [2.24, 2.45) is 0 Å². The fraction of sp³-hybridized carbons (Fsp3) is 0.118. The maximum absolute atomic E-state index is 12.6. The molecule has 0 saturated carbocycles. The molecule has 3 rings (SSSR count). The van der Waals surface area contributed by atoms with Crippen LogP contribution in [-0.4, -0.2) is 13.4 Å². The number of aryl methyl sites for hydroxylation is 1. The Morgan fingerprint density at radius 1 is 1.05 bits per heavy atom. The van der Waals surface area contributed by atoms with Crippen LogP contribution >= 0.6 is 11.6 Å². The Labute approximate surface area is 134 Å². The van der Waals surface area contributed by atoms with Gasteiger partial charge in [-0.2, -0.15) is 0 Å². The van der Waals surface area contributed by atoms with Crippen molar-refractivity contribution < 1.29 is 8.42 Å². The van der Waals surface area contributed by atoms with E-state index in [0.29, 0.717) is 21.0 Å². The minimum atomic E-state index is -3.42. The Bertz CT molecular complexity index is 935. The van der Waals surface area contributed by atoms with Gasteiger partial charge in [0, 0.05) is 16.6 Å². The Hall–Kier alpha value is -1.91. The van der Waals surface area contributed by atoms with Crippen LogP contribution < -0.4 is 0 Å². The first-order valence-corrected chi connectivity index (χ1v) is 8.82. The van der Waals surface area contributed by atoms with E-state index in [1.807, 2.05) is 13.0 Å². The lowest BCUT2D eigenvalue weighted by atomic mass is 10.1. The Morgan fingerprint density at radius 3 is 2.50 bits per heavy atom. The van der Waals surface area contributed by atoms with E-state index >= 15 is 0 Å². The molecule has 0 saturated heterocycles. The van der Waals surface area contributed by atoms with Gasteiger partial charge in [-0.05, 0) is 42.8 Å². The van der Waals surface area contributed by atoms with E-state index in [1.54, 1.807) is 48.7 Å². The number of rotatable bonds is 3. The van der Waals surface area contributed by atoms with Crippen molar-refractivity contribution in [3.8, 4) is 0 Å². The van der Waals surface area contributed by atoms with E-state index in [4.69, 9.17) is 11.6 Å². The van der Waals surface area contributed by atoms with Crippen molar-refractivity contribution in [3.63, 3.8) is 0 Å². The van der Waals surface area contributed by atoms with Crippen molar-refractivity contribution in [1.29, 1.82) is 0 Å². The van der Waals surface area contributed by atoms with Gasteiger partial charge in [0.1, 0.15) is 0 Å². The zero-order valence-corrected chi connectivity index (χ0v) is 13.5. The number of hydrogen-bond acceptors (Lipinski definition) is 3. The molecule has 5 heteroatoms.